The second-order valence-corrected chi connectivity index (χ2v) is 10.9. The van der Waals surface area contributed by atoms with E-state index in [2.05, 4.69) is 78.9 Å². The van der Waals surface area contributed by atoms with E-state index in [-0.39, 0.29) is 17.0 Å². The van der Waals surface area contributed by atoms with Crippen LogP contribution in [0.2, 0.25) is 5.02 Å². The molecule has 0 saturated carbocycles. The van der Waals surface area contributed by atoms with E-state index in [0.29, 0.717) is 22.4 Å². The molecule has 154 valence electrons. The van der Waals surface area contributed by atoms with Crippen molar-refractivity contribution in [2.24, 2.45) is 0 Å². The number of anilines is 1. The first-order valence-electron chi connectivity index (χ1n) is 9.68. The fraction of sp³-hybridized carbons (Fsp3) is 0.0385. The standard InChI is InChI=1S/C26H21ClN2P.BrH/c27-26-20(18-28)16-17-25(29)24(26)19-30(21-10-4-1-5-11-21,22-12-6-2-7-13-22)23-14-8-3-9-15-23;/h1-17H,19,29H2;1H/q+1;/p-1. The molecule has 2 N–H and O–H groups in total. The van der Waals surface area contributed by atoms with Crippen LogP contribution in [0.15, 0.2) is 103 Å². The van der Waals surface area contributed by atoms with Gasteiger partial charge in [-0.15, -0.1) is 0 Å². The lowest BCUT2D eigenvalue weighted by Gasteiger charge is -2.28. The van der Waals surface area contributed by atoms with E-state index in [9.17, 15) is 5.26 Å². The molecule has 0 radical (unpaired) electrons. The summed E-state index contributed by atoms with van der Waals surface area (Å²) >= 11 is 6.70. The number of hydrogen-bond donors (Lipinski definition) is 1. The number of hydrogen-bond acceptors (Lipinski definition) is 2. The van der Waals surface area contributed by atoms with E-state index < -0.39 is 7.26 Å². The molecule has 31 heavy (non-hydrogen) atoms. The highest BCUT2D eigenvalue weighted by Gasteiger charge is 2.46. The zero-order valence-corrected chi connectivity index (χ0v) is 20.0. The lowest BCUT2D eigenvalue weighted by molar-refractivity contribution is -0.00000598. The van der Waals surface area contributed by atoms with Gasteiger partial charge in [0.15, 0.2) is 0 Å². The van der Waals surface area contributed by atoms with Crippen LogP contribution in [0.4, 0.5) is 5.69 Å². The lowest BCUT2D eigenvalue weighted by Crippen LogP contribution is -3.00. The number of nitrogens with zero attached hydrogens (tertiary/aromatic N) is 1. The average molecular weight is 508 g/mol. The zero-order chi connectivity index (χ0) is 21.0. The van der Waals surface area contributed by atoms with Gasteiger partial charge in [-0.1, -0.05) is 66.2 Å². The van der Waals surface area contributed by atoms with Gasteiger partial charge in [-0.05, 0) is 48.5 Å². The molecule has 4 rings (SSSR count). The Morgan fingerprint density at radius 3 is 1.52 bits per heavy atom. The van der Waals surface area contributed by atoms with E-state index in [4.69, 9.17) is 17.3 Å². The summed E-state index contributed by atoms with van der Waals surface area (Å²) in [5.74, 6) is 0. The normalized spacial score (nSPS) is 10.7. The van der Waals surface area contributed by atoms with Crippen molar-refractivity contribution < 1.29 is 17.0 Å². The van der Waals surface area contributed by atoms with Crippen LogP contribution in [0.1, 0.15) is 11.1 Å². The van der Waals surface area contributed by atoms with E-state index in [0.717, 1.165) is 5.56 Å². The monoisotopic (exact) mass is 506 g/mol. The number of nitrogens with two attached hydrogens (primary N) is 1. The topological polar surface area (TPSA) is 49.8 Å². The highest BCUT2D eigenvalue weighted by Crippen LogP contribution is 2.59. The van der Waals surface area contributed by atoms with Crippen LogP contribution in [-0.2, 0) is 6.16 Å². The first kappa shape index (κ1) is 23.0. The van der Waals surface area contributed by atoms with Crippen LogP contribution in [0.3, 0.4) is 0 Å². The molecule has 0 unspecified atom stereocenters. The maximum atomic E-state index is 9.52. The maximum absolute atomic E-state index is 9.52. The molecule has 0 aliphatic rings. The number of benzene rings is 4. The van der Waals surface area contributed by atoms with Crippen molar-refractivity contribution in [3.63, 3.8) is 0 Å². The first-order chi connectivity index (χ1) is 14.7. The third-order valence-electron chi connectivity index (χ3n) is 5.39. The molecule has 4 aromatic rings. The Hall–Kier alpha value is -2.63. The summed E-state index contributed by atoms with van der Waals surface area (Å²) in [4.78, 5) is 0. The number of rotatable bonds is 5. The Balaban J connectivity index is 0.00000272. The molecule has 0 spiro atoms. The van der Waals surface area contributed by atoms with Crippen LogP contribution < -0.4 is 38.6 Å². The Morgan fingerprint density at radius 1 is 0.710 bits per heavy atom. The highest BCUT2D eigenvalue weighted by molar-refractivity contribution is 7.95. The van der Waals surface area contributed by atoms with Crippen LogP contribution in [0, 0.1) is 11.3 Å². The highest BCUT2D eigenvalue weighted by atomic mass is 79.9. The molecular weight excluding hydrogens is 487 g/mol. The summed E-state index contributed by atoms with van der Waals surface area (Å²) in [6.07, 6.45) is 0.644. The Bertz CT molecular complexity index is 1100. The van der Waals surface area contributed by atoms with Gasteiger partial charge in [0.1, 0.15) is 35.4 Å². The molecule has 0 fully saturated rings. The third-order valence-corrected chi connectivity index (χ3v) is 10.1. The fourth-order valence-corrected chi connectivity index (χ4v) is 8.56. The summed E-state index contributed by atoms with van der Waals surface area (Å²) < 4.78 is 0. The summed E-state index contributed by atoms with van der Waals surface area (Å²) in [6, 6.07) is 37.3. The number of halogens is 2. The van der Waals surface area contributed by atoms with E-state index >= 15 is 0 Å². The average Bonchev–Trinajstić information content (AvgIpc) is 2.81. The fourth-order valence-electron chi connectivity index (χ4n) is 3.89. The van der Waals surface area contributed by atoms with Gasteiger partial charge in [0.2, 0.25) is 0 Å². The van der Waals surface area contributed by atoms with Crippen molar-refractivity contribution in [2.45, 2.75) is 6.16 Å². The minimum absolute atomic E-state index is 0. The molecule has 0 amide bonds. The van der Waals surface area contributed by atoms with Crippen molar-refractivity contribution in [3.05, 3.63) is 119 Å². The van der Waals surface area contributed by atoms with Crippen molar-refractivity contribution in [2.75, 3.05) is 5.73 Å². The van der Waals surface area contributed by atoms with Gasteiger partial charge in [-0.25, -0.2) is 0 Å². The van der Waals surface area contributed by atoms with E-state index in [1.54, 1.807) is 12.1 Å². The van der Waals surface area contributed by atoms with Gasteiger partial charge < -0.3 is 22.7 Å². The molecular formula is C26H21BrClN2P. The molecule has 0 atom stereocenters. The van der Waals surface area contributed by atoms with E-state index in [1.807, 2.05) is 18.2 Å². The third kappa shape index (κ3) is 4.39. The van der Waals surface area contributed by atoms with Crippen molar-refractivity contribution in [3.8, 4) is 6.07 Å². The van der Waals surface area contributed by atoms with Gasteiger partial charge in [-0.3, -0.25) is 0 Å². The van der Waals surface area contributed by atoms with Crippen molar-refractivity contribution in [1.29, 1.82) is 5.26 Å². The summed E-state index contributed by atoms with van der Waals surface area (Å²) in [5, 5.41) is 13.7. The van der Waals surface area contributed by atoms with Crippen molar-refractivity contribution in [1.82, 2.24) is 0 Å². The Morgan fingerprint density at radius 2 is 1.13 bits per heavy atom. The van der Waals surface area contributed by atoms with Gasteiger partial charge in [0.25, 0.3) is 0 Å². The van der Waals surface area contributed by atoms with Crippen LogP contribution in [0.25, 0.3) is 0 Å². The summed E-state index contributed by atoms with van der Waals surface area (Å²) in [6.45, 7) is 0. The summed E-state index contributed by atoms with van der Waals surface area (Å²) in [7, 11) is -2.13. The SMILES string of the molecule is N#Cc1ccc(N)c(C[P+](c2ccccc2)(c2ccccc2)c2ccccc2)c1Cl.[Br-]. The number of nitriles is 1. The molecule has 0 aromatic heterocycles. The maximum Gasteiger partial charge on any atom is 0.116 e. The van der Waals surface area contributed by atoms with Gasteiger partial charge in [0, 0.05) is 11.3 Å². The van der Waals surface area contributed by atoms with E-state index in [1.165, 1.54) is 15.9 Å². The molecule has 0 aliphatic heterocycles. The molecule has 2 nitrogen and oxygen atoms in total. The second-order valence-electron chi connectivity index (χ2n) is 7.08. The molecule has 0 saturated heterocycles. The molecule has 0 heterocycles. The molecule has 0 bridgehead atoms. The predicted octanol–water partition coefficient (Wildman–Crippen LogP) is 2.29. The van der Waals surface area contributed by atoms with Crippen LogP contribution in [0.5, 0.6) is 0 Å². The minimum atomic E-state index is -2.13. The Kier molecular flexibility index (Phi) is 7.52. The molecule has 4 aromatic carbocycles. The molecule has 0 aliphatic carbocycles. The minimum Gasteiger partial charge on any atom is -1.00 e. The Labute approximate surface area is 199 Å². The quantitative estimate of drug-likeness (QED) is 0.333. The summed E-state index contributed by atoms with van der Waals surface area (Å²) in [5.41, 5.74) is 8.31. The van der Waals surface area contributed by atoms with Gasteiger partial charge in [-0.2, -0.15) is 5.26 Å². The van der Waals surface area contributed by atoms with Crippen LogP contribution in [-0.4, -0.2) is 0 Å². The predicted molar refractivity (Wildman–Crippen MR) is 129 cm³/mol. The van der Waals surface area contributed by atoms with Gasteiger partial charge >= 0.3 is 0 Å². The largest absolute Gasteiger partial charge is 1.00 e. The van der Waals surface area contributed by atoms with Crippen molar-refractivity contribution >= 4 is 40.5 Å². The first-order valence-corrected chi connectivity index (χ1v) is 12.0. The smallest absolute Gasteiger partial charge is 0.116 e. The lowest BCUT2D eigenvalue weighted by atomic mass is 10.1. The second kappa shape index (κ2) is 10.1. The molecule has 5 heteroatoms. The zero-order valence-electron chi connectivity index (χ0n) is 16.7. The van der Waals surface area contributed by atoms with Crippen LogP contribution >= 0.6 is 18.9 Å². The van der Waals surface area contributed by atoms with Gasteiger partial charge in [0.05, 0.1) is 10.6 Å². The number of nitrogen functional groups attached to an aromatic ring is 1.